The second-order valence-corrected chi connectivity index (χ2v) is 6.03. The zero-order valence-electron chi connectivity index (χ0n) is 10.3. The molecular formula is C12H11Cl2N3OS. The third-order valence-corrected chi connectivity index (χ3v) is 4.03. The Morgan fingerprint density at radius 3 is 2.68 bits per heavy atom. The van der Waals surface area contributed by atoms with E-state index < -0.39 is 0 Å². The van der Waals surface area contributed by atoms with Gasteiger partial charge in [0.25, 0.3) is 5.91 Å². The van der Waals surface area contributed by atoms with E-state index in [1.807, 2.05) is 13.8 Å². The topological polar surface area (TPSA) is 54.9 Å². The van der Waals surface area contributed by atoms with Crippen LogP contribution in [0.5, 0.6) is 0 Å². The molecule has 0 saturated carbocycles. The average Bonchev–Trinajstić information content (AvgIpc) is 2.80. The van der Waals surface area contributed by atoms with E-state index in [0.717, 1.165) is 5.01 Å². The lowest BCUT2D eigenvalue weighted by molar-refractivity contribution is 0.102. The van der Waals surface area contributed by atoms with Gasteiger partial charge in [0.2, 0.25) is 5.13 Å². The minimum absolute atomic E-state index is 0.276. The molecule has 4 nitrogen and oxygen atoms in total. The number of amides is 1. The van der Waals surface area contributed by atoms with Crippen molar-refractivity contribution in [3.63, 3.8) is 0 Å². The fourth-order valence-electron chi connectivity index (χ4n) is 1.35. The van der Waals surface area contributed by atoms with E-state index in [1.165, 1.54) is 17.4 Å². The molecule has 0 aliphatic heterocycles. The number of rotatable bonds is 3. The lowest BCUT2D eigenvalue weighted by Gasteiger charge is -2.04. The fourth-order valence-corrected chi connectivity index (χ4v) is 2.47. The van der Waals surface area contributed by atoms with E-state index in [2.05, 4.69) is 15.5 Å². The van der Waals surface area contributed by atoms with Crippen molar-refractivity contribution in [3.8, 4) is 0 Å². The normalized spacial score (nSPS) is 10.8. The molecule has 2 aromatic rings. The third kappa shape index (κ3) is 3.43. The highest BCUT2D eigenvalue weighted by molar-refractivity contribution is 7.15. The van der Waals surface area contributed by atoms with E-state index in [-0.39, 0.29) is 11.8 Å². The maximum Gasteiger partial charge on any atom is 0.259 e. The zero-order chi connectivity index (χ0) is 14.0. The molecule has 1 heterocycles. The van der Waals surface area contributed by atoms with Crippen LogP contribution >= 0.6 is 34.5 Å². The van der Waals surface area contributed by atoms with Crippen molar-refractivity contribution in [2.45, 2.75) is 19.8 Å². The molecule has 0 bridgehead atoms. The smallest absolute Gasteiger partial charge is 0.259 e. The molecule has 0 atom stereocenters. The molecule has 0 fully saturated rings. The molecule has 0 aliphatic carbocycles. The van der Waals surface area contributed by atoms with Gasteiger partial charge in [-0.3, -0.25) is 10.1 Å². The second kappa shape index (κ2) is 5.86. The Kier molecular flexibility index (Phi) is 4.39. The van der Waals surface area contributed by atoms with Gasteiger partial charge >= 0.3 is 0 Å². The van der Waals surface area contributed by atoms with Gasteiger partial charge in [0, 0.05) is 10.9 Å². The van der Waals surface area contributed by atoms with Crippen molar-refractivity contribution in [2.75, 3.05) is 5.32 Å². The van der Waals surface area contributed by atoms with Crippen LogP contribution in [-0.4, -0.2) is 16.1 Å². The van der Waals surface area contributed by atoms with Gasteiger partial charge in [-0.25, -0.2) is 0 Å². The molecule has 2 rings (SSSR count). The van der Waals surface area contributed by atoms with Crippen LogP contribution in [-0.2, 0) is 0 Å². The van der Waals surface area contributed by atoms with Gasteiger partial charge in [-0.2, -0.15) is 0 Å². The Balaban J connectivity index is 2.18. The van der Waals surface area contributed by atoms with Crippen LogP contribution in [0.3, 0.4) is 0 Å². The molecule has 1 aromatic carbocycles. The summed E-state index contributed by atoms with van der Waals surface area (Å²) in [6.45, 7) is 4.03. The second-order valence-electron chi connectivity index (χ2n) is 4.18. The molecule has 1 aromatic heterocycles. The number of hydrogen-bond donors (Lipinski definition) is 1. The van der Waals surface area contributed by atoms with Gasteiger partial charge in [-0.1, -0.05) is 48.4 Å². The van der Waals surface area contributed by atoms with Crippen molar-refractivity contribution in [1.29, 1.82) is 0 Å². The first kappa shape index (κ1) is 14.2. The number of carbonyl (C=O) groups is 1. The molecule has 0 radical (unpaired) electrons. The van der Waals surface area contributed by atoms with Crippen molar-refractivity contribution >= 4 is 45.6 Å². The third-order valence-electron chi connectivity index (χ3n) is 2.33. The summed E-state index contributed by atoms with van der Waals surface area (Å²) < 4.78 is 0. The Bertz CT molecular complexity index is 613. The van der Waals surface area contributed by atoms with Crippen LogP contribution in [0.25, 0.3) is 0 Å². The first-order valence-electron chi connectivity index (χ1n) is 5.57. The van der Waals surface area contributed by atoms with Gasteiger partial charge in [0.05, 0.1) is 10.6 Å². The Hall–Kier alpha value is -1.17. The molecule has 100 valence electrons. The van der Waals surface area contributed by atoms with Crippen molar-refractivity contribution < 1.29 is 4.79 Å². The minimum atomic E-state index is -0.348. The van der Waals surface area contributed by atoms with Gasteiger partial charge in [0.1, 0.15) is 5.01 Å². The van der Waals surface area contributed by atoms with Crippen LogP contribution in [0.15, 0.2) is 18.2 Å². The first-order valence-corrected chi connectivity index (χ1v) is 7.14. The molecule has 19 heavy (non-hydrogen) atoms. The van der Waals surface area contributed by atoms with Crippen LogP contribution in [0.2, 0.25) is 10.0 Å². The Morgan fingerprint density at radius 2 is 2.05 bits per heavy atom. The number of nitrogens with zero attached hydrogens (tertiary/aromatic N) is 2. The lowest BCUT2D eigenvalue weighted by atomic mass is 10.2. The molecule has 0 aliphatic rings. The summed E-state index contributed by atoms with van der Waals surface area (Å²) in [5, 5.41) is 12.7. The molecule has 7 heteroatoms. The maximum absolute atomic E-state index is 12.1. The van der Waals surface area contributed by atoms with Crippen LogP contribution in [0, 0.1) is 0 Å². The number of anilines is 1. The van der Waals surface area contributed by atoms with Crippen molar-refractivity contribution in [3.05, 3.63) is 38.8 Å². The monoisotopic (exact) mass is 315 g/mol. The predicted octanol–water partition coefficient (Wildman–Crippen LogP) is 4.22. The summed E-state index contributed by atoms with van der Waals surface area (Å²) in [4.78, 5) is 12.1. The molecule has 1 N–H and O–H groups in total. The van der Waals surface area contributed by atoms with Crippen LogP contribution in [0.4, 0.5) is 5.13 Å². The fraction of sp³-hybridized carbons (Fsp3) is 0.250. The largest absolute Gasteiger partial charge is 0.296 e. The number of aromatic nitrogens is 2. The van der Waals surface area contributed by atoms with Crippen molar-refractivity contribution in [2.24, 2.45) is 0 Å². The number of carbonyl (C=O) groups excluding carboxylic acids is 1. The van der Waals surface area contributed by atoms with E-state index in [9.17, 15) is 4.79 Å². The first-order chi connectivity index (χ1) is 8.97. The molecular weight excluding hydrogens is 305 g/mol. The number of benzene rings is 1. The van der Waals surface area contributed by atoms with Crippen LogP contribution in [0.1, 0.15) is 35.1 Å². The van der Waals surface area contributed by atoms with E-state index in [4.69, 9.17) is 23.2 Å². The Morgan fingerprint density at radius 1 is 1.32 bits per heavy atom. The summed E-state index contributed by atoms with van der Waals surface area (Å²) >= 11 is 13.2. The summed E-state index contributed by atoms with van der Waals surface area (Å²) in [5.41, 5.74) is 0.315. The van der Waals surface area contributed by atoms with Gasteiger partial charge in [-0.15, -0.1) is 10.2 Å². The lowest BCUT2D eigenvalue weighted by Crippen LogP contribution is -2.12. The quantitative estimate of drug-likeness (QED) is 0.922. The summed E-state index contributed by atoms with van der Waals surface area (Å²) in [6, 6.07) is 4.73. The SMILES string of the molecule is CC(C)c1nnc(NC(=O)c2cc(Cl)ccc2Cl)s1. The summed E-state index contributed by atoms with van der Waals surface area (Å²) in [7, 11) is 0. The van der Waals surface area contributed by atoms with Crippen molar-refractivity contribution in [1.82, 2.24) is 10.2 Å². The number of nitrogens with one attached hydrogen (secondary N) is 1. The molecule has 0 unspecified atom stereocenters. The minimum Gasteiger partial charge on any atom is -0.296 e. The standard InChI is InChI=1S/C12H11Cl2N3OS/c1-6(2)11-16-17-12(19-11)15-10(18)8-5-7(13)3-4-9(8)14/h3-6H,1-2H3,(H,15,17,18). The maximum atomic E-state index is 12.1. The summed E-state index contributed by atoms with van der Waals surface area (Å²) in [5.74, 6) is -0.0723. The number of hydrogen-bond acceptors (Lipinski definition) is 4. The van der Waals surface area contributed by atoms with Gasteiger partial charge < -0.3 is 0 Å². The highest BCUT2D eigenvalue weighted by Crippen LogP contribution is 2.25. The highest BCUT2D eigenvalue weighted by Gasteiger charge is 2.14. The highest BCUT2D eigenvalue weighted by atomic mass is 35.5. The van der Waals surface area contributed by atoms with E-state index in [1.54, 1.807) is 12.1 Å². The molecule has 0 saturated heterocycles. The van der Waals surface area contributed by atoms with Gasteiger partial charge in [-0.05, 0) is 18.2 Å². The molecule has 0 spiro atoms. The van der Waals surface area contributed by atoms with Crippen LogP contribution < -0.4 is 5.32 Å². The number of halogens is 2. The van der Waals surface area contributed by atoms with E-state index in [0.29, 0.717) is 20.7 Å². The van der Waals surface area contributed by atoms with E-state index >= 15 is 0 Å². The Labute approximate surface area is 124 Å². The van der Waals surface area contributed by atoms with Gasteiger partial charge in [0.15, 0.2) is 0 Å². The zero-order valence-corrected chi connectivity index (χ0v) is 12.6. The molecule has 1 amide bonds. The average molecular weight is 316 g/mol. The predicted molar refractivity (Wildman–Crippen MR) is 78.4 cm³/mol. The summed E-state index contributed by atoms with van der Waals surface area (Å²) in [6.07, 6.45) is 0.